The second kappa shape index (κ2) is 5.25. The molecule has 20 heavy (non-hydrogen) atoms. The lowest BCUT2D eigenvalue weighted by Crippen LogP contribution is -2.25. The summed E-state index contributed by atoms with van der Waals surface area (Å²) in [5.74, 6) is -0.00948. The number of nitrogens with zero attached hydrogens (tertiary/aromatic N) is 1. The van der Waals surface area contributed by atoms with Crippen molar-refractivity contribution in [2.75, 3.05) is 30.0 Å². The fraction of sp³-hybridized carbons (Fsp3) is 0.467. The van der Waals surface area contributed by atoms with E-state index >= 15 is 0 Å². The van der Waals surface area contributed by atoms with Gasteiger partial charge in [0.05, 0.1) is 12.5 Å². The van der Waals surface area contributed by atoms with Gasteiger partial charge < -0.3 is 15.0 Å². The maximum Gasteiger partial charge on any atom is 0.229 e. The Balaban J connectivity index is 1.81. The molecule has 1 aromatic carbocycles. The van der Waals surface area contributed by atoms with Crippen molar-refractivity contribution in [1.29, 1.82) is 0 Å². The van der Waals surface area contributed by atoms with Crippen LogP contribution in [-0.2, 0) is 20.7 Å². The summed E-state index contributed by atoms with van der Waals surface area (Å²) < 4.78 is 5.24. The van der Waals surface area contributed by atoms with Gasteiger partial charge in [0, 0.05) is 37.0 Å². The van der Waals surface area contributed by atoms with E-state index in [9.17, 15) is 9.59 Å². The third kappa shape index (κ3) is 2.29. The van der Waals surface area contributed by atoms with Gasteiger partial charge in [-0.25, -0.2) is 0 Å². The number of carbonyl (C=O) groups is 2. The van der Waals surface area contributed by atoms with Crippen molar-refractivity contribution in [1.82, 2.24) is 0 Å². The van der Waals surface area contributed by atoms with Crippen LogP contribution in [0.3, 0.4) is 0 Å². The van der Waals surface area contributed by atoms with E-state index in [2.05, 4.69) is 5.32 Å². The van der Waals surface area contributed by atoms with E-state index in [1.54, 1.807) is 11.8 Å². The van der Waals surface area contributed by atoms with Crippen molar-refractivity contribution >= 4 is 23.2 Å². The van der Waals surface area contributed by atoms with Gasteiger partial charge in [-0.15, -0.1) is 0 Å². The molecule has 5 nitrogen and oxygen atoms in total. The predicted molar refractivity (Wildman–Crippen MR) is 75.7 cm³/mol. The number of fused-ring (bicyclic) bond motifs is 1. The minimum Gasteiger partial charge on any atom is -0.381 e. The Morgan fingerprint density at radius 3 is 2.95 bits per heavy atom. The number of anilines is 2. The van der Waals surface area contributed by atoms with Gasteiger partial charge in [-0.3, -0.25) is 9.59 Å². The average Bonchev–Trinajstić information content (AvgIpc) is 3.08. The molecular formula is C15H18N2O3. The number of nitrogens with one attached hydrogen (secondary N) is 1. The zero-order valence-electron chi connectivity index (χ0n) is 11.5. The van der Waals surface area contributed by atoms with E-state index < -0.39 is 0 Å². The van der Waals surface area contributed by atoms with Crippen LogP contribution >= 0.6 is 0 Å². The van der Waals surface area contributed by atoms with E-state index in [4.69, 9.17) is 4.74 Å². The Morgan fingerprint density at radius 1 is 1.40 bits per heavy atom. The number of hydrogen-bond donors (Lipinski definition) is 1. The first-order valence-corrected chi connectivity index (χ1v) is 6.95. The average molecular weight is 274 g/mol. The first-order chi connectivity index (χ1) is 9.66. The molecule has 0 spiro atoms. The summed E-state index contributed by atoms with van der Waals surface area (Å²) in [6, 6.07) is 5.70. The molecular weight excluding hydrogens is 256 g/mol. The smallest absolute Gasteiger partial charge is 0.229 e. The summed E-state index contributed by atoms with van der Waals surface area (Å²) in [6.07, 6.45) is 1.56. The van der Waals surface area contributed by atoms with E-state index in [-0.39, 0.29) is 17.7 Å². The van der Waals surface area contributed by atoms with E-state index in [1.807, 2.05) is 18.2 Å². The SMILES string of the molecule is CC(=O)N1CCc2c(NC(=O)[C@@H]3CCOC3)cccc21. The van der Waals surface area contributed by atoms with Crippen LogP contribution in [0.4, 0.5) is 11.4 Å². The Bertz CT molecular complexity index is 550. The summed E-state index contributed by atoms with van der Waals surface area (Å²) >= 11 is 0. The number of hydrogen-bond acceptors (Lipinski definition) is 3. The van der Waals surface area contributed by atoms with Gasteiger partial charge >= 0.3 is 0 Å². The molecule has 0 radical (unpaired) electrons. The lowest BCUT2D eigenvalue weighted by Gasteiger charge is -2.16. The zero-order chi connectivity index (χ0) is 14.1. The Kier molecular flexibility index (Phi) is 3.44. The molecule has 1 atom stereocenters. The van der Waals surface area contributed by atoms with E-state index in [0.29, 0.717) is 19.8 Å². The van der Waals surface area contributed by atoms with E-state index in [0.717, 1.165) is 29.8 Å². The van der Waals surface area contributed by atoms with Crippen LogP contribution in [0.1, 0.15) is 18.9 Å². The number of ether oxygens (including phenoxy) is 1. The third-order valence-corrected chi connectivity index (χ3v) is 3.97. The Hall–Kier alpha value is -1.88. The molecule has 2 amide bonds. The molecule has 3 rings (SSSR count). The molecule has 1 fully saturated rings. The highest BCUT2D eigenvalue weighted by Crippen LogP contribution is 2.34. The standard InChI is InChI=1S/C15H18N2O3/c1-10(18)17-7-5-12-13(3-2-4-14(12)17)16-15(19)11-6-8-20-9-11/h2-4,11H,5-9H2,1H3,(H,16,19)/t11-/m1/s1. The molecule has 0 saturated carbocycles. The number of benzene rings is 1. The predicted octanol–water partition coefficient (Wildman–Crippen LogP) is 1.57. The molecule has 0 aromatic heterocycles. The van der Waals surface area contributed by atoms with Gasteiger partial charge in [-0.05, 0) is 25.0 Å². The van der Waals surface area contributed by atoms with Crippen LogP contribution in [0.5, 0.6) is 0 Å². The molecule has 2 heterocycles. The third-order valence-electron chi connectivity index (χ3n) is 3.97. The lowest BCUT2D eigenvalue weighted by molar-refractivity contribution is -0.120. The van der Waals surface area contributed by atoms with Crippen LogP contribution in [0, 0.1) is 5.92 Å². The summed E-state index contributed by atoms with van der Waals surface area (Å²) in [7, 11) is 0. The van der Waals surface area contributed by atoms with Gasteiger partial charge in [-0.1, -0.05) is 6.07 Å². The number of rotatable bonds is 2. The first-order valence-electron chi connectivity index (χ1n) is 6.95. The maximum absolute atomic E-state index is 12.2. The lowest BCUT2D eigenvalue weighted by atomic mass is 10.1. The van der Waals surface area contributed by atoms with Gasteiger partial charge in [-0.2, -0.15) is 0 Å². The largest absolute Gasteiger partial charge is 0.381 e. The van der Waals surface area contributed by atoms with Crippen LogP contribution in [0.25, 0.3) is 0 Å². The van der Waals surface area contributed by atoms with Crippen molar-refractivity contribution in [3.05, 3.63) is 23.8 Å². The molecule has 1 aromatic rings. The van der Waals surface area contributed by atoms with Gasteiger partial charge in [0.2, 0.25) is 11.8 Å². The van der Waals surface area contributed by atoms with Crippen molar-refractivity contribution < 1.29 is 14.3 Å². The van der Waals surface area contributed by atoms with Crippen LogP contribution in [-0.4, -0.2) is 31.6 Å². The van der Waals surface area contributed by atoms with Crippen LogP contribution in [0.15, 0.2) is 18.2 Å². The molecule has 0 aliphatic carbocycles. The summed E-state index contributed by atoms with van der Waals surface area (Å²) in [6.45, 7) is 3.41. The molecule has 2 aliphatic heterocycles. The van der Waals surface area contributed by atoms with Gasteiger partial charge in [0.15, 0.2) is 0 Å². The normalized spacial score (nSPS) is 20.9. The molecule has 0 unspecified atom stereocenters. The maximum atomic E-state index is 12.2. The molecule has 2 aliphatic rings. The van der Waals surface area contributed by atoms with E-state index in [1.165, 1.54) is 0 Å². The molecule has 1 saturated heterocycles. The summed E-state index contributed by atoms with van der Waals surface area (Å²) in [5.41, 5.74) is 2.79. The molecule has 5 heteroatoms. The highest BCUT2D eigenvalue weighted by molar-refractivity contribution is 5.98. The van der Waals surface area contributed by atoms with Gasteiger partial charge in [0.25, 0.3) is 0 Å². The molecule has 106 valence electrons. The highest BCUT2D eigenvalue weighted by atomic mass is 16.5. The summed E-state index contributed by atoms with van der Waals surface area (Å²) in [4.78, 5) is 25.5. The quantitative estimate of drug-likeness (QED) is 0.890. The minimum atomic E-state index is -0.0591. The van der Waals surface area contributed by atoms with Crippen molar-refractivity contribution in [2.45, 2.75) is 19.8 Å². The number of amides is 2. The monoisotopic (exact) mass is 274 g/mol. The van der Waals surface area contributed by atoms with Crippen molar-refractivity contribution in [3.8, 4) is 0 Å². The Morgan fingerprint density at radius 2 is 2.25 bits per heavy atom. The van der Waals surface area contributed by atoms with Crippen LogP contribution in [0.2, 0.25) is 0 Å². The minimum absolute atomic E-state index is 0.0113. The fourth-order valence-electron chi connectivity index (χ4n) is 2.85. The Labute approximate surface area is 117 Å². The fourth-order valence-corrected chi connectivity index (χ4v) is 2.85. The van der Waals surface area contributed by atoms with Crippen molar-refractivity contribution in [3.63, 3.8) is 0 Å². The molecule has 0 bridgehead atoms. The second-order valence-electron chi connectivity index (χ2n) is 5.27. The topological polar surface area (TPSA) is 58.6 Å². The highest BCUT2D eigenvalue weighted by Gasteiger charge is 2.27. The van der Waals surface area contributed by atoms with Gasteiger partial charge in [0.1, 0.15) is 0 Å². The summed E-state index contributed by atoms with van der Waals surface area (Å²) in [5, 5.41) is 2.99. The molecule has 1 N–H and O–H groups in total. The van der Waals surface area contributed by atoms with Crippen LogP contribution < -0.4 is 10.2 Å². The number of carbonyl (C=O) groups excluding carboxylic acids is 2. The second-order valence-corrected chi connectivity index (χ2v) is 5.27. The zero-order valence-corrected chi connectivity index (χ0v) is 11.5. The first kappa shape index (κ1) is 13.1. The van der Waals surface area contributed by atoms with Crippen molar-refractivity contribution in [2.24, 2.45) is 5.92 Å².